The number of benzene rings is 1. The van der Waals surface area contributed by atoms with E-state index in [1.165, 1.54) is 0 Å². The molecule has 31 heavy (non-hydrogen) atoms. The molecular weight excluding hydrogens is 418 g/mol. The van der Waals surface area contributed by atoms with Gasteiger partial charge in [-0.15, -0.1) is 0 Å². The van der Waals surface area contributed by atoms with E-state index in [-0.39, 0.29) is 30.2 Å². The van der Waals surface area contributed by atoms with Crippen LogP contribution in [-0.2, 0) is 23.9 Å². The third-order valence-electron chi connectivity index (χ3n) is 6.44. The molecule has 2 fully saturated rings. The first-order chi connectivity index (χ1) is 14.8. The molecule has 3 heterocycles. The van der Waals surface area contributed by atoms with Crippen molar-refractivity contribution in [1.82, 2.24) is 25.2 Å². The number of nitrogens with one attached hydrogen (secondary N) is 1. The van der Waals surface area contributed by atoms with Crippen molar-refractivity contribution in [3.05, 3.63) is 46.5 Å². The second-order valence-electron chi connectivity index (χ2n) is 8.39. The number of nitrogens with zero attached hydrogens (tertiary/aromatic N) is 4. The number of halogens is 4. The molecule has 1 aliphatic carbocycles. The first kappa shape index (κ1) is 20.2. The Labute approximate surface area is 175 Å². The number of H-pyrrole nitrogens is 1. The Morgan fingerprint density at radius 3 is 2.68 bits per heavy atom. The van der Waals surface area contributed by atoms with E-state index < -0.39 is 17.6 Å². The summed E-state index contributed by atoms with van der Waals surface area (Å²) >= 11 is 0. The van der Waals surface area contributed by atoms with Crippen molar-refractivity contribution < 1.29 is 27.1 Å². The first-order valence-electron chi connectivity index (χ1n) is 10.2. The van der Waals surface area contributed by atoms with Crippen LogP contribution in [0.3, 0.4) is 0 Å². The minimum atomic E-state index is -4.59. The maximum absolute atomic E-state index is 13.9. The van der Waals surface area contributed by atoms with E-state index in [0.29, 0.717) is 38.2 Å². The SMILES string of the molecule is O=C(N1CC(OCc2ccc(C(F)(F)F)cc2F)C1)N1C[C@H]2CCc3n[nH]nc3[C@H]2C1. The van der Waals surface area contributed by atoms with E-state index in [1.54, 1.807) is 4.90 Å². The van der Waals surface area contributed by atoms with Crippen LogP contribution in [0.15, 0.2) is 18.2 Å². The Kier molecular flexibility index (Phi) is 4.87. The summed E-state index contributed by atoms with van der Waals surface area (Å²) in [6.07, 6.45) is -3.00. The average Bonchev–Trinajstić information content (AvgIpc) is 3.32. The van der Waals surface area contributed by atoms with Crippen molar-refractivity contribution in [1.29, 1.82) is 0 Å². The van der Waals surface area contributed by atoms with Crippen LogP contribution >= 0.6 is 0 Å². The summed E-state index contributed by atoms with van der Waals surface area (Å²) in [5.74, 6) is -0.353. The Morgan fingerprint density at radius 2 is 1.94 bits per heavy atom. The lowest BCUT2D eigenvalue weighted by Gasteiger charge is -2.40. The summed E-state index contributed by atoms with van der Waals surface area (Å²) in [5.41, 5.74) is 0.987. The molecule has 3 aliphatic rings. The maximum Gasteiger partial charge on any atom is 0.416 e. The number of aryl methyl sites for hydroxylation is 1. The number of aromatic nitrogens is 3. The predicted molar refractivity (Wildman–Crippen MR) is 99.5 cm³/mol. The summed E-state index contributed by atoms with van der Waals surface area (Å²) in [4.78, 5) is 16.3. The largest absolute Gasteiger partial charge is 0.416 e. The van der Waals surface area contributed by atoms with Gasteiger partial charge in [0.15, 0.2) is 0 Å². The molecule has 5 rings (SSSR count). The number of ether oxygens (including phenoxy) is 1. The monoisotopic (exact) mass is 439 g/mol. The van der Waals surface area contributed by atoms with Gasteiger partial charge in [0.25, 0.3) is 0 Å². The van der Waals surface area contributed by atoms with Crippen molar-refractivity contribution in [3.63, 3.8) is 0 Å². The fraction of sp³-hybridized carbons (Fsp3) is 0.550. The molecule has 0 saturated carbocycles. The second-order valence-corrected chi connectivity index (χ2v) is 8.39. The van der Waals surface area contributed by atoms with E-state index in [4.69, 9.17) is 4.74 Å². The van der Waals surface area contributed by atoms with Crippen LogP contribution in [0.1, 0.15) is 34.9 Å². The van der Waals surface area contributed by atoms with Crippen LogP contribution in [0.25, 0.3) is 0 Å². The van der Waals surface area contributed by atoms with Gasteiger partial charge in [0.1, 0.15) is 5.82 Å². The molecule has 7 nitrogen and oxygen atoms in total. The predicted octanol–water partition coefficient (Wildman–Crippen LogP) is 2.95. The number of carbonyl (C=O) groups is 1. The Balaban J connectivity index is 1.11. The molecule has 2 amide bonds. The molecule has 0 radical (unpaired) electrons. The van der Waals surface area contributed by atoms with Crippen molar-refractivity contribution in [2.24, 2.45) is 5.92 Å². The summed E-state index contributed by atoms with van der Waals surface area (Å²) < 4.78 is 57.4. The van der Waals surface area contributed by atoms with Gasteiger partial charge in [0, 0.05) is 24.6 Å². The van der Waals surface area contributed by atoms with Gasteiger partial charge in [0.2, 0.25) is 0 Å². The molecule has 2 atom stereocenters. The summed E-state index contributed by atoms with van der Waals surface area (Å²) in [6, 6.07) is 2.34. The molecule has 1 aromatic carbocycles. The van der Waals surface area contributed by atoms with Crippen LogP contribution in [0.4, 0.5) is 22.4 Å². The Bertz CT molecular complexity index is 988. The maximum atomic E-state index is 13.9. The molecular formula is C20H21F4N5O2. The lowest BCUT2D eigenvalue weighted by atomic mass is 9.82. The topological polar surface area (TPSA) is 74.3 Å². The fourth-order valence-corrected chi connectivity index (χ4v) is 4.64. The highest BCUT2D eigenvalue weighted by atomic mass is 19.4. The number of hydrogen-bond donors (Lipinski definition) is 1. The van der Waals surface area contributed by atoms with Crippen LogP contribution in [-0.4, -0.2) is 63.5 Å². The van der Waals surface area contributed by atoms with E-state index in [0.717, 1.165) is 36.4 Å². The number of amides is 2. The standard InChI is InChI=1S/C20H21F4N5O2/c21-16-5-13(20(22,23)24)3-1-12(16)10-31-14-7-29(8-14)19(30)28-6-11-2-4-17-18(15(11)9-28)26-27-25-17/h1,3,5,11,14-15H,2,4,6-10H2,(H,25,26,27)/t11-,15+/m1/s1. The number of aromatic amines is 1. The van der Waals surface area contributed by atoms with Gasteiger partial charge in [0.05, 0.1) is 42.8 Å². The third-order valence-corrected chi connectivity index (χ3v) is 6.44. The van der Waals surface area contributed by atoms with Crippen molar-refractivity contribution in [2.75, 3.05) is 26.2 Å². The molecule has 0 spiro atoms. The molecule has 11 heteroatoms. The molecule has 1 aromatic heterocycles. The molecule has 2 aromatic rings. The normalized spacial score (nSPS) is 23.5. The third kappa shape index (κ3) is 3.75. The second kappa shape index (κ2) is 7.47. The molecule has 1 N–H and O–H groups in total. The van der Waals surface area contributed by atoms with Crippen molar-refractivity contribution >= 4 is 6.03 Å². The van der Waals surface area contributed by atoms with Gasteiger partial charge in [-0.05, 0) is 30.9 Å². The number of carbonyl (C=O) groups excluding carboxylic acids is 1. The van der Waals surface area contributed by atoms with Gasteiger partial charge in [-0.1, -0.05) is 6.07 Å². The van der Waals surface area contributed by atoms with Gasteiger partial charge < -0.3 is 14.5 Å². The van der Waals surface area contributed by atoms with E-state index >= 15 is 0 Å². The first-order valence-corrected chi connectivity index (χ1v) is 10.2. The van der Waals surface area contributed by atoms with E-state index in [2.05, 4.69) is 15.4 Å². The number of urea groups is 1. The van der Waals surface area contributed by atoms with E-state index in [9.17, 15) is 22.4 Å². The smallest absolute Gasteiger partial charge is 0.370 e. The number of hydrogen-bond acceptors (Lipinski definition) is 4. The minimum Gasteiger partial charge on any atom is -0.370 e. The zero-order valence-electron chi connectivity index (χ0n) is 16.5. The zero-order chi connectivity index (χ0) is 21.8. The summed E-state index contributed by atoms with van der Waals surface area (Å²) in [5, 5.41) is 11.1. The van der Waals surface area contributed by atoms with Gasteiger partial charge >= 0.3 is 12.2 Å². The summed E-state index contributed by atoms with van der Waals surface area (Å²) in [7, 11) is 0. The van der Waals surface area contributed by atoms with Crippen LogP contribution in [0, 0.1) is 11.7 Å². The molecule has 0 unspecified atom stereocenters. The number of rotatable bonds is 3. The van der Waals surface area contributed by atoms with Crippen molar-refractivity contribution in [3.8, 4) is 0 Å². The minimum absolute atomic E-state index is 0.0556. The molecule has 0 bridgehead atoms. The zero-order valence-corrected chi connectivity index (χ0v) is 16.5. The van der Waals surface area contributed by atoms with Gasteiger partial charge in [-0.25, -0.2) is 9.18 Å². The number of alkyl halides is 3. The Morgan fingerprint density at radius 1 is 1.16 bits per heavy atom. The average molecular weight is 439 g/mol. The van der Waals surface area contributed by atoms with Gasteiger partial charge in [-0.3, -0.25) is 0 Å². The molecule has 166 valence electrons. The lowest BCUT2D eigenvalue weighted by Crippen LogP contribution is -2.58. The quantitative estimate of drug-likeness (QED) is 0.747. The van der Waals surface area contributed by atoms with Gasteiger partial charge in [-0.2, -0.15) is 28.6 Å². The van der Waals surface area contributed by atoms with E-state index in [1.807, 2.05) is 4.90 Å². The van der Waals surface area contributed by atoms with Crippen LogP contribution in [0.2, 0.25) is 0 Å². The van der Waals surface area contributed by atoms with Crippen LogP contribution < -0.4 is 0 Å². The molecule has 2 saturated heterocycles. The lowest BCUT2D eigenvalue weighted by molar-refractivity contribution is -0.137. The molecule has 2 aliphatic heterocycles. The number of likely N-dealkylation sites (tertiary alicyclic amines) is 2. The highest BCUT2D eigenvalue weighted by molar-refractivity contribution is 5.76. The fourth-order valence-electron chi connectivity index (χ4n) is 4.64. The van der Waals surface area contributed by atoms with Crippen LogP contribution in [0.5, 0.6) is 0 Å². The summed E-state index contributed by atoms with van der Waals surface area (Å²) in [6.45, 7) is 1.92. The highest BCUT2D eigenvalue weighted by Gasteiger charge is 2.44. The number of fused-ring (bicyclic) bond motifs is 3. The Hall–Kier alpha value is -2.69. The highest BCUT2D eigenvalue weighted by Crippen LogP contribution is 2.40. The van der Waals surface area contributed by atoms with Crippen molar-refractivity contribution in [2.45, 2.75) is 37.6 Å².